The lowest BCUT2D eigenvalue weighted by atomic mass is 9.99. The molecule has 108 valence electrons. The zero-order valence-electron chi connectivity index (χ0n) is 11.9. The molecule has 2 rings (SSSR count). The van der Waals surface area contributed by atoms with Crippen molar-refractivity contribution in [3.63, 3.8) is 0 Å². The number of hydrogen-bond donors (Lipinski definition) is 1. The monoisotopic (exact) mass is 277 g/mol. The fourth-order valence-electron chi connectivity index (χ4n) is 2.53. The van der Waals surface area contributed by atoms with Gasteiger partial charge in [-0.05, 0) is 25.8 Å². The lowest BCUT2D eigenvalue weighted by Gasteiger charge is -2.22. The molecule has 0 aromatic heterocycles. The Hall–Kier alpha value is -1.95. The van der Waals surface area contributed by atoms with E-state index < -0.39 is 10.5 Å². The molecule has 0 aliphatic carbocycles. The molecule has 0 saturated carbocycles. The van der Waals surface area contributed by atoms with E-state index in [0.29, 0.717) is 13.0 Å². The highest BCUT2D eigenvalue weighted by Crippen LogP contribution is 2.33. The summed E-state index contributed by atoms with van der Waals surface area (Å²) in [5.74, 6) is 0.0407. The minimum absolute atomic E-state index is 0.0397. The zero-order valence-corrected chi connectivity index (χ0v) is 11.9. The van der Waals surface area contributed by atoms with Gasteiger partial charge in [0.1, 0.15) is 6.17 Å². The van der Waals surface area contributed by atoms with Crippen LogP contribution in [0.4, 0.5) is 5.69 Å². The number of amides is 1. The van der Waals surface area contributed by atoms with Gasteiger partial charge in [-0.15, -0.1) is 0 Å². The molecule has 20 heavy (non-hydrogen) atoms. The molecule has 6 nitrogen and oxygen atoms in total. The van der Waals surface area contributed by atoms with Gasteiger partial charge < -0.3 is 4.90 Å². The minimum atomic E-state index is -0.606. The second-order valence-corrected chi connectivity index (χ2v) is 5.18. The molecule has 2 unspecified atom stereocenters. The van der Waals surface area contributed by atoms with E-state index in [0.717, 1.165) is 5.56 Å². The fourth-order valence-corrected chi connectivity index (χ4v) is 2.53. The predicted octanol–water partition coefficient (Wildman–Crippen LogP) is 2.21. The van der Waals surface area contributed by atoms with Crippen LogP contribution in [0.1, 0.15) is 38.9 Å². The van der Waals surface area contributed by atoms with Crippen molar-refractivity contribution in [2.24, 2.45) is 0 Å². The average Bonchev–Trinajstić information content (AvgIpc) is 2.71. The van der Waals surface area contributed by atoms with Crippen molar-refractivity contribution in [2.45, 2.75) is 38.9 Å². The molecule has 1 aromatic rings. The van der Waals surface area contributed by atoms with Gasteiger partial charge in [-0.3, -0.25) is 20.2 Å². The van der Waals surface area contributed by atoms with E-state index in [1.807, 2.05) is 26.8 Å². The molecule has 1 aliphatic heterocycles. The standard InChI is InChI=1S/C14H19N3O3/c1-4-14(3)13(18)16(5-2)12(15-14)10-7-6-8-11(9-10)17(19)20/h6-9,12,15H,4-5H2,1-3H3. The van der Waals surface area contributed by atoms with E-state index in [-0.39, 0.29) is 17.8 Å². The van der Waals surface area contributed by atoms with Gasteiger partial charge >= 0.3 is 0 Å². The van der Waals surface area contributed by atoms with Crippen LogP contribution in [-0.2, 0) is 4.79 Å². The molecule has 1 heterocycles. The third-order valence-electron chi connectivity index (χ3n) is 3.94. The maximum absolute atomic E-state index is 12.4. The van der Waals surface area contributed by atoms with Crippen molar-refractivity contribution in [1.29, 1.82) is 0 Å². The van der Waals surface area contributed by atoms with Gasteiger partial charge in [-0.25, -0.2) is 0 Å². The van der Waals surface area contributed by atoms with Crippen LogP contribution in [0, 0.1) is 10.1 Å². The highest BCUT2D eigenvalue weighted by atomic mass is 16.6. The zero-order chi connectivity index (χ0) is 14.9. The molecule has 1 aromatic carbocycles. The fraction of sp³-hybridized carbons (Fsp3) is 0.500. The molecule has 2 atom stereocenters. The highest BCUT2D eigenvalue weighted by molar-refractivity contribution is 5.88. The number of rotatable bonds is 4. The normalized spacial score (nSPS) is 26.1. The van der Waals surface area contributed by atoms with Crippen LogP contribution in [-0.4, -0.2) is 27.8 Å². The first-order valence-corrected chi connectivity index (χ1v) is 6.76. The van der Waals surface area contributed by atoms with Crippen molar-refractivity contribution < 1.29 is 9.72 Å². The number of nitro groups is 1. The number of nitro benzene ring substituents is 1. The van der Waals surface area contributed by atoms with Gasteiger partial charge in [0.15, 0.2) is 0 Å². The molecule has 1 fully saturated rings. The third-order valence-corrected chi connectivity index (χ3v) is 3.94. The van der Waals surface area contributed by atoms with Gasteiger partial charge in [0.05, 0.1) is 10.5 Å². The third kappa shape index (κ3) is 2.27. The maximum atomic E-state index is 12.4. The summed E-state index contributed by atoms with van der Waals surface area (Å²) in [6.07, 6.45) is 0.366. The first kappa shape index (κ1) is 14.5. The minimum Gasteiger partial charge on any atom is -0.322 e. The van der Waals surface area contributed by atoms with Gasteiger partial charge in [0, 0.05) is 18.7 Å². The van der Waals surface area contributed by atoms with Crippen molar-refractivity contribution in [2.75, 3.05) is 6.54 Å². The number of likely N-dealkylation sites (N-methyl/N-ethyl adjacent to an activating group) is 1. The molecular weight excluding hydrogens is 258 g/mol. The molecule has 0 bridgehead atoms. The summed E-state index contributed by atoms with van der Waals surface area (Å²) in [5, 5.41) is 14.2. The molecule has 1 N–H and O–H groups in total. The number of nitrogens with zero attached hydrogens (tertiary/aromatic N) is 2. The number of benzene rings is 1. The second kappa shape index (κ2) is 5.20. The highest BCUT2D eigenvalue weighted by Gasteiger charge is 2.46. The summed E-state index contributed by atoms with van der Waals surface area (Å²) >= 11 is 0. The van der Waals surface area contributed by atoms with Gasteiger partial charge in [0.2, 0.25) is 5.91 Å². The van der Waals surface area contributed by atoms with Crippen LogP contribution in [0.5, 0.6) is 0 Å². The quantitative estimate of drug-likeness (QED) is 0.676. The van der Waals surface area contributed by atoms with E-state index in [9.17, 15) is 14.9 Å². The molecule has 0 radical (unpaired) electrons. The first-order chi connectivity index (χ1) is 9.42. The summed E-state index contributed by atoms with van der Waals surface area (Å²) in [6, 6.07) is 6.43. The van der Waals surface area contributed by atoms with E-state index in [1.165, 1.54) is 12.1 Å². The van der Waals surface area contributed by atoms with E-state index in [1.54, 1.807) is 11.0 Å². The van der Waals surface area contributed by atoms with Crippen molar-refractivity contribution >= 4 is 11.6 Å². The SMILES string of the molecule is CCN1C(=O)C(C)(CC)NC1c1cccc([N+](=O)[O-])c1. The van der Waals surface area contributed by atoms with E-state index in [2.05, 4.69) is 5.32 Å². The number of non-ortho nitro benzene ring substituents is 1. The summed E-state index contributed by atoms with van der Waals surface area (Å²) in [4.78, 5) is 24.6. The Labute approximate surface area is 117 Å². The van der Waals surface area contributed by atoms with Gasteiger partial charge in [-0.2, -0.15) is 0 Å². The summed E-state index contributed by atoms with van der Waals surface area (Å²) in [6.45, 7) is 6.30. The van der Waals surface area contributed by atoms with E-state index in [4.69, 9.17) is 0 Å². The van der Waals surface area contributed by atoms with Crippen LogP contribution in [0.15, 0.2) is 24.3 Å². The van der Waals surface area contributed by atoms with Gasteiger partial charge in [0.25, 0.3) is 5.69 Å². The molecule has 1 amide bonds. The number of carbonyl (C=O) groups excluding carboxylic acids is 1. The Morgan fingerprint density at radius 3 is 2.70 bits per heavy atom. The van der Waals surface area contributed by atoms with Crippen molar-refractivity contribution in [3.8, 4) is 0 Å². The topological polar surface area (TPSA) is 75.5 Å². The van der Waals surface area contributed by atoms with Crippen LogP contribution in [0.2, 0.25) is 0 Å². The predicted molar refractivity (Wildman–Crippen MR) is 75.1 cm³/mol. The largest absolute Gasteiger partial charge is 0.322 e. The first-order valence-electron chi connectivity index (χ1n) is 6.76. The van der Waals surface area contributed by atoms with Gasteiger partial charge in [-0.1, -0.05) is 19.1 Å². The molecule has 6 heteroatoms. The van der Waals surface area contributed by atoms with Crippen LogP contribution in [0.25, 0.3) is 0 Å². The Kier molecular flexibility index (Phi) is 3.76. The lowest BCUT2D eigenvalue weighted by Crippen LogP contribution is -2.42. The second-order valence-electron chi connectivity index (χ2n) is 5.18. The number of nitrogens with one attached hydrogen (secondary N) is 1. The average molecular weight is 277 g/mol. The number of carbonyl (C=O) groups is 1. The Balaban J connectivity index is 2.39. The number of hydrogen-bond acceptors (Lipinski definition) is 4. The van der Waals surface area contributed by atoms with Crippen LogP contribution in [0.3, 0.4) is 0 Å². The maximum Gasteiger partial charge on any atom is 0.269 e. The van der Waals surface area contributed by atoms with Crippen molar-refractivity contribution in [1.82, 2.24) is 10.2 Å². The summed E-state index contributed by atoms with van der Waals surface area (Å²) in [5.41, 5.74) is 0.176. The van der Waals surface area contributed by atoms with Crippen LogP contribution >= 0.6 is 0 Å². The molecular formula is C14H19N3O3. The summed E-state index contributed by atoms with van der Waals surface area (Å²) in [7, 11) is 0. The van der Waals surface area contributed by atoms with Crippen LogP contribution < -0.4 is 5.32 Å². The Morgan fingerprint density at radius 2 is 2.15 bits per heavy atom. The lowest BCUT2D eigenvalue weighted by molar-refractivity contribution is -0.385. The summed E-state index contributed by atoms with van der Waals surface area (Å²) < 4.78 is 0. The smallest absolute Gasteiger partial charge is 0.269 e. The molecule has 1 aliphatic rings. The van der Waals surface area contributed by atoms with Crippen molar-refractivity contribution in [3.05, 3.63) is 39.9 Å². The molecule has 0 spiro atoms. The van der Waals surface area contributed by atoms with E-state index >= 15 is 0 Å². The Morgan fingerprint density at radius 1 is 1.45 bits per heavy atom. The Bertz CT molecular complexity index is 546. The molecule has 1 saturated heterocycles.